The Balaban J connectivity index is 2.20. The van der Waals surface area contributed by atoms with Crippen molar-refractivity contribution in [2.75, 3.05) is 11.5 Å². The monoisotopic (exact) mass is 270 g/mol. The first-order chi connectivity index (χ1) is 9.54. The summed E-state index contributed by atoms with van der Waals surface area (Å²) >= 11 is 0. The van der Waals surface area contributed by atoms with E-state index >= 15 is 0 Å². The maximum absolute atomic E-state index is 9.50. The van der Waals surface area contributed by atoms with E-state index in [1.165, 1.54) is 18.3 Å². The quantitative estimate of drug-likeness (QED) is 0.472. The first-order valence-corrected chi connectivity index (χ1v) is 5.62. The lowest BCUT2D eigenvalue weighted by molar-refractivity contribution is 0.404. The standard InChI is InChI=1S/C12H10N6O2/c13-10-9-11(18-12(14)17-10)15-4-6(16-9)5-1-2-7(19)8(20)3-5/h1-4,19-20H,(H4,13,14,15,17,18). The number of phenols is 2. The number of nitrogens with zero attached hydrogens (tertiary/aromatic N) is 4. The first kappa shape index (κ1) is 11.9. The molecule has 2 aromatic heterocycles. The highest BCUT2D eigenvalue weighted by Gasteiger charge is 2.10. The van der Waals surface area contributed by atoms with Gasteiger partial charge in [-0.15, -0.1) is 0 Å². The summed E-state index contributed by atoms with van der Waals surface area (Å²) in [4.78, 5) is 16.2. The number of nitrogen functional groups attached to an aromatic ring is 2. The smallest absolute Gasteiger partial charge is 0.224 e. The van der Waals surface area contributed by atoms with Gasteiger partial charge in [-0.25, -0.2) is 9.97 Å². The molecular formula is C12H10N6O2. The maximum Gasteiger partial charge on any atom is 0.224 e. The normalized spacial score (nSPS) is 10.8. The summed E-state index contributed by atoms with van der Waals surface area (Å²) in [5, 5.41) is 18.8. The van der Waals surface area contributed by atoms with Gasteiger partial charge in [-0.1, -0.05) is 0 Å². The third kappa shape index (κ3) is 1.88. The Labute approximate surface area is 112 Å². The second kappa shape index (κ2) is 4.19. The zero-order valence-corrected chi connectivity index (χ0v) is 10.1. The molecule has 0 unspecified atom stereocenters. The van der Waals surface area contributed by atoms with Crippen LogP contribution in [0, 0.1) is 0 Å². The summed E-state index contributed by atoms with van der Waals surface area (Å²) in [6.07, 6.45) is 1.47. The minimum atomic E-state index is -0.245. The fourth-order valence-corrected chi connectivity index (χ4v) is 1.77. The number of aromatic nitrogens is 4. The predicted octanol–water partition coefficient (Wildman–Crippen LogP) is 0.662. The molecule has 8 heteroatoms. The molecule has 100 valence electrons. The minimum absolute atomic E-state index is 0.0272. The van der Waals surface area contributed by atoms with E-state index < -0.39 is 0 Å². The van der Waals surface area contributed by atoms with Crippen molar-refractivity contribution in [2.45, 2.75) is 0 Å². The number of nitrogens with two attached hydrogens (primary N) is 2. The Hall–Kier alpha value is -3.16. The van der Waals surface area contributed by atoms with Gasteiger partial charge in [0.25, 0.3) is 0 Å². The Morgan fingerprint density at radius 1 is 0.950 bits per heavy atom. The molecule has 6 N–H and O–H groups in total. The second-order valence-corrected chi connectivity index (χ2v) is 4.10. The SMILES string of the molecule is Nc1nc(N)c2nc(-c3ccc(O)c(O)c3)cnc2n1. The average molecular weight is 270 g/mol. The summed E-state index contributed by atoms with van der Waals surface area (Å²) in [5.74, 6) is -0.298. The highest BCUT2D eigenvalue weighted by molar-refractivity contribution is 5.83. The van der Waals surface area contributed by atoms with Crippen LogP contribution in [0.15, 0.2) is 24.4 Å². The van der Waals surface area contributed by atoms with Crippen LogP contribution >= 0.6 is 0 Å². The van der Waals surface area contributed by atoms with Crippen molar-refractivity contribution in [3.05, 3.63) is 24.4 Å². The van der Waals surface area contributed by atoms with E-state index in [1.807, 2.05) is 0 Å². The van der Waals surface area contributed by atoms with E-state index in [9.17, 15) is 10.2 Å². The van der Waals surface area contributed by atoms with Crippen LogP contribution in [-0.4, -0.2) is 30.1 Å². The van der Waals surface area contributed by atoms with Crippen molar-refractivity contribution < 1.29 is 10.2 Å². The number of anilines is 2. The molecule has 0 aliphatic carbocycles. The summed E-state index contributed by atoms with van der Waals surface area (Å²) in [6, 6.07) is 4.33. The van der Waals surface area contributed by atoms with Gasteiger partial charge in [-0.05, 0) is 18.2 Å². The van der Waals surface area contributed by atoms with Crippen LogP contribution in [0.4, 0.5) is 11.8 Å². The topological polar surface area (TPSA) is 144 Å². The molecule has 1 aromatic carbocycles. The van der Waals surface area contributed by atoms with Crippen molar-refractivity contribution in [1.29, 1.82) is 0 Å². The molecule has 0 spiro atoms. The summed E-state index contributed by atoms with van der Waals surface area (Å²) in [6.45, 7) is 0. The van der Waals surface area contributed by atoms with Crippen LogP contribution in [0.2, 0.25) is 0 Å². The number of aromatic hydroxyl groups is 2. The van der Waals surface area contributed by atoms with Crippen LogP contribution in [0.3, 0.4) is 0 Å². The van der Waals surface area contributed by atoms with Gasteiger partial charge in [0.1, 0.15) is 0 Å². The molecule has 0 saturated carbocycles. The molecule has 0 bridgehead atoms. The molecule has 0 aliphatic heterocycles. The Kier molecular flexibility index (Phi) is 2.50. The van der Waals surface area contributed by atoms with Gasteiger partial charge >= 0.3 is 0 Å². The van der Waals surface area contributed by atoms with Crippen LogP contribution in [0.1, 0.15) is 0 Å². The average Bonchev–Trinajstić information content (AvgIpc) is 2.41. The van der Waals surface area contributed by atoms with Gasteiger partial charge < -0.3 is 21.7 Å². The van der Waals surface area contributed by atoms with E-state index in [0.29, 0.717) is 22.4 Å². The van der Waals surface area contributed by atoms with Gasteiger partial charge in [-0.3, -0.25) is 0 Å². The van der Waals surface area contributed by atoms with E-state index in [1.54, 1.807) is 6.07 Å². The molecule has 8 nitrogen and oxygen atoms in total. The van der Waals surface area contributed by atoms with E-state index in [2.05, 4.69) is 19.9 Å². The molecule has 0 atom stereocenters. The molecule has 0 amide bonds. The zero-order valence-electron chi connectivity index (χ0n) is 10.1. The van der Waals surface area contributed by atoms with E-state index in [-0.39, 0.29) is 23.3 Å². The molecule has 2 heterocycles. The van der Waals surface area contributed by atoms with Gasteiger partial charge in [0.05, 0.1) is 11.9 Å². The highest BCUT2D eigenvalue weighted by Crippen LogP contribution is 2.30. The molecular weight excluding hydrogens is 260 g/mol. The number of hydrogen-bond acceptors (Lipinski definition) is 8. The number of benzene rings is 1. The van der Waals surface area contributed by atoms with Crippen molar-refractivity contribution in [2.24, 2.45) is 0 Å². The Morgan fingerprint density at radius 2 is 1.75 bits per heavy atom. The summed E-state index contributed by atoms with van der Waals surface area (Å²) in [7, 11) is 0. The lowest BCUT2D eigenvalue weighted by Gasteiger charge is -2.05. The van der Waals surface area contributed by atoms with Gasteiger partial charge in [-0.2, -0.15) is 9.97 Å². The number of hydrogen-bond donors (Lipinski definition) is 4. The number of phenolic OH excluding ortho intramolecular Hbond substituents is 2. The fraction of sp³-hybridized carbons (Fsp3) is 0. The molecule has 0 saturated heterocycles. The molecule has 3 rings (SSSR count). The minimum Gasteiger partial charge on any atom is -0.504 e. The van der Waals surface area contributed by atoms with Gasteiger partial charge in [0.15, 0.2) is 28.5 Å². The third-order valence-electron chi connectivity index (χ3n) is 2.72. The first-order valence-electron chi connectivity index (χ1n) is 5.62. The molecule has 3 aromatic rings. The number of rotatable bonds is 1. The van der Waals surface area contributed by atoms with Gasteiger partial charge in [0, 0.05) is 5.56 Å². The van der Waals surface area contributed by atoms with Crippen molar-refractivity contribution >= 4 is 22.9 Å². The lowest BCUT2D eigenvalue weighted by atomic mass is 10.1. The molecule has 0 radical (unpaired) electrons. The van der Waals surface area contributed by atoms with Crippen LogP contribution < -0.4 is 11.5 Å². The van der Waals surface area contributed by atoms with Gasteiger partial charge in [0.2, 0.25) is 5.95 Å². The van der Waals surface area contributed by atoms with Crippen LogP contribution in [0.5, 0.6) is 11.5 Å². The molecule has 20 heavy (non-hydrogen) atoms. The maximum atomic E-state index is 9.50. The number of fused-ring (bicyclic) bond motifs is 1. The largest absolute Gasteiger partial charge is 0.504 e. The third-order valence-corrected chi connectivity index (χ3v) is 2.72. The van der Waals surface area contributed by atoms with Crippen molar-refractivity contribution in [3.63, 3.8) is 0 Å². The molecule has 0 fully saturated rings. The summed E-state index contributed by atoms with van der Waals surface area (Å²) < 4.78 is 0. The van der Waals surface area contributed by atoms with E-state index in [0.717, 1.165) is 0 Å². The Morgan fingerprint density at radius 3 is 2.50 bits per heavy atom. The van der Waals surface area contributed by atoms with Crippen LogP contribution in [0.25, 0.3) is 22.4 Å². The van der Waals surface area contributed by atoms with E-state index in [4.69, 9.17) is 11.5 Å². The van der Waals surface area contributed by atoms with Crippen molar-refractivity contribution in [1.82, 2.24) is 19.9 Å². The fourth-order valence-electron chi connectivity index (χ4n) is 1.77. The predicted molar refractivity (Wildman–Crippen MR) is 72.7 cm³/mol. The van der Waals surface area contributed by atoms with Crippen LogP contribution in [-0.2, 0) is 0 Å². The van der Waals surface area contributed by atoms with Crippen molar-refractivity contribution in [3.8, 4) is 22.8 Å². The zero-order chi connectivity index (χ0) is 14.3. The Bertz CT molecular complexity index is 820. The lowest BCUT2D eigenvalue weighted by Crippen LogP contribution is -2.03. The highest BCUT2D eigenvalue weighted by atomic mass is 16.3. The second-order valence-electron chi connectivity index (χ2n) is 4.10. The summed E-state index contributed by atoms with van der Waals surface area (Å²) in [5.41, 5.74) is 12.9. The molecule has 0 aliphatic rings.